The van der Waals surface area contributed by atoms with Crippen LogP contribution < -0.4 is 10.6 Å². The molecule has 0 aliphatic carbocycles. The second kappa shape index (κ2) is 13.5. The van der Waals surface area contributed by atoms with Gasteiger partial charge in [-0.25, -0.2) is 4.99 Å². The van der Waals surface area contributed by atoms with Crippen LogP contribution in [0.25, 0.3) is 0 Å². The van der Waals surface area contributed by atoms with Crippen LogP contribution in [-0.2, 0) is 18.3 Å². The van der Waals surface area contributed by atoms with Crippen molar-refractivity contribution in [2.45, 2.75) is 52.6 Å². The molecule has 1 aromatic carbocycles. The Morgan fingerprint density at radius 1 is 1.21 bits per heavy atom. The maximum Gasteiger partial charge on any atom is 0.191 e. The monoisotopic (exact) mass is 514 g/mol. The van der Waals surface area contributed by atoms with Crippen molar-refractivity contribution in [1.82, 2.24) is 25.4 Å². The Bertz CT molecular complexity index is 734. The molecule has 2 unspecified atom stereocenters. The number of hydrogen-bond acceptors (Lipinski definition) is 4. The topological polar surface area (TPSA) is 76.4 Å². The number of nitrogens with one attached hydrogen (secondary N) is 2. The molecule has 1 heterocycles. The normalized spacial score (nSPS) is 13.5. The second-order valence-corrected chi connectivity index (χ2v) is 7.00. The summed E-state index contributed by atoms with van der Waals surface area (Å²) in [5.41, 5.74) is 1.31. The molecular weight excluding hydrogens is 479 g/mol. The molecular formula is C21H35IN6O. The van der Waals surface area contributed by atoms with E-state index < -0.39 is 0 Å². The van der Waals surface area contributed by atoms with Crippen LogP contribution in [0.1, 0.15) is 50.3 Å². The predicted molar refractivity (Wildman–Crippen MR) is 129 cm³/mol. The summed E-state index contributed by atoms with van der Waals surface area (Å²) in [6, 6.07) is 10.8. The molecule has 0 radical (unpaired) electrons. The molecule has 8 heteroatoms. The van der Waals surface area contributed by atoms with Crippen molar-refractivity contribution < 1.29 is 4.74 Å². The molecule has 2 rings (SSSR count). The van der Waals surface area contributed by atoms with Crippen molar-refractivity contribution in [3.8, 4) is 0 Å². The maximum atomic E-state index is 5.42. The smallest absolute Gasteiger partial charge is 0.191 e. The minimum atomic E-state index is 0. The summed E-state index contributed by atoms with van der Waals surface area (Å²) >= 11 is 0. The van der Waals surface area contributed by atoms with Gasteiger partial charge >= 0.3 is 0 Å². The molecule has 0 saturated heterocycles. The highest BCUT2D eigenvalue weighted by molar-refractivity contribution is 14.0. The fourth-order valence-corrected chi connectivity index (χ4v) is 2.80. The molecule has 2 atom stereocenters. The lowest BCUT2D eigenvalue weighted by Crippen LogP contribution is -2.44. The number of aryl methyl sites for hydroxylation is 1. The van der Waals surface area contributed by atoms with Gasteiger partial charge in [-0.1, -0.05) is 37.3 Å². The van der Waals surface area contributed by atoms with E-state index in [0.29, 0.717) is 12.5 Å². The molecule has 7 nitrogen and oxygen atoms in total. The van der Waals surface area contributed by atoms with Crippen molar-refractivity contribution >= 4 is 29.9 Å². The van der Waals surface area contributed by atoms with Crippen molar-refractivity contribution in [1.29, 1.82) is 0 Å². The Labute approximate surface area is 191 Å². The first kappa shape index (κ1) is 25.4. The summed E-state index contributed by atoms with van der Waals surface area (Å²) < 4.78 is 7.38. The van der Waals surface area contributed by atoms with Gasteiger partial charge in [-0.15, -0.1) is 34.2 Å². The van der Waals surface area contributed by atoms with Gasteiger partial charge in [-0.2, -0.15) is 0 Å². The molecule has 1 aromatic heterocycles. The van der Waals surface area contributed by atoms with Crippen molar-refractivity contribution in [2.75, 3.05) is 19.8 Å². The quantitative estimate of drug-likeness (QED) is 0.220. The molecule has 0 bridgehead atoms. The Balaban J connectivity index is 0.00000420. The number of benzene rings is 1. The number of rotatable bonds is 10. The standard InChI is InChI=1S/C21H34N6O.HI/c1-6-28-14-10-13-22-21(23-15-20-26-25-18(4)27(20)5)24-17(3)16(2)19-11-8-7-9-12-19;/h7-9,11-12,16-17H,6,10,13-15H2,1-5H3,(H2,22,23,24);1H. The van der Waals surface area contributed by atoms with E-state index in [1.807, 2.05) is 31.5 Å². The van der Waals surface area contributed by atoms with Crippen LogP contribution in [0, 0.1) is 6.92 Å². The van der Waals surface area contributed by atoms with Gasteiger partial charge in [0.2, 0.25) is 0 Å². The largest absolute Gasteiger partial charge is 0.382 e. The van der Waals surface area contributed by atoms with E-state index in [0.717, 1.165) is 43.8 Å². The van der Waals surface area contributed by atoms with E-state index in [9.17, 15) is 0 Å². The van der Waals surface area contributed by atoms with E-state index in [4.69, 9.17) is 9.73 Å². The van der Waals surface area contributed by atoms with Crippen molar-refractivity contribution in [2.24, 2.45) is 12.0 Å². The third kappa shape index (κ3) is 8.30. The lowest BCUT2D eigenvalue weighted by Gasteiger charge is -2.24. The number of nitrogens with zero attached hydrogens (tertiary/aromatic N) is 4. The zero-order chi connectivity index (χ0) is 20.4. The fourth-order valence-electron chi connectivity index (χ4n) is 2.80. The van der Waals surface area contributed by atoms with Crippen LogP contribution in [0.2, 0.25) is 0 Å². The molecule has 0 aliphatic rings. The SMILES string of the molecule is CCOCCCNC(=NCc1nnc(C)n1C)NC(C)C(C)c1ccccc1.I. The van der Waals surface area contributed by atoms with Gasteiger partial charge in [0.05, 0.1) is 0 Å². The Morgan fingerprint density at radius 2 is 1.93 bits per heavy atom. The minimum Gasteiger partial charge on any atom is -0.382 e. The zero-order valence-corrected chi connectivity index (χ0v) is 20.5. The molecule has 2 aromatic rings. The molecule has 162 valence electrons. The van der Waals surface area contributed by atoms with E-state index >= 15 is 0 Å². The average Bonchev–Trinajstić information content (AvgIpc) is 3.03. The highest BCUT2D eigenvalue weighted by atomic mass is 127. The Kier molecular flexibility index (Phi) is 11.8. The van der Waals surface area contributed by atoms with Gasteiger partial charge in [0.25, 0.3) is 0 Å². The van der Waals surface area contributed by atoms with Crippen molar-refractivity contribution in [3.05, 3.63) is 47.5 Å². The predicted octanol–water partition coefficient (Wildman–Crippen LogP) is 3.40. The number of halogens is 1. The summed E-state index contributed by atoms with van der Waals surface area (Å²) in [6.45, 7) is 11.1. The summed E-state index contributed by atoms with van der Waals surface area (Å²) in [5, 5.41) is 15.3. The lowest BCUT2D eigenvalue weighted by molar-refractivity contribution is 0.145. The van der Waals surface area contributed by atoms with Crippen LogP contribution >= 0.6 is 24.0 Å². The van der Waals surface area contributed by atoms with Crippen molar-refractivity contribution in [3.63, 3.8) is 0 Å². The summed E-state index contributed by atoms with van der Waals surface area (Å²) in [7, 11) is 1.96. The van der Waals surface area contributed by atoms with E-state index in [1.54, 1.807) is 0 Å². The van der Waals surface area contributed by atoms with Crippen LogP contribution in [0.15, 0.2) is 35.3 Å². The van der Waals surface area contributed by atoms with Crippen LogP contribution in [0.4, 0.5) is 0 Å². The first-order valence-electron chi connectivity index (χ1n) is 10.0. The molecule has 0 saturated carbocycles. The third-order valence-electron chi connectivity index (χ3n) is 4.96. The highest BCUT2D eigenvalue weighted by Gasteiger charge is 2.15. The van der Waals surface area contributed by atoms with E-state index in [1.165, 1.54) is 5.56 Å². The third-order valence-corrected chi connectivity index (χ3v) is 4.96. The van der Waals surface area contributed by atoms with Crippen LogP contribution in [-0.4, -0.2) is 46.5 Å². The van der Waals surface area contributed by atoms with Gasteiger partial charge in [-0.3, -0.25) is 0 Å². The average molecular weight is 514 g/mol. The number of guanidine groups is 1. The number of aliphatic imine (C=N–C) groups is 1. The maximum absolute atomic E-state index is 5.42. The Morgan fingerprint density at radius 3 is 2.55 bits per heavy atom. The number of hydrogen-bond donors (Lipinski definition) is 2. The van der Waals surface area contributed by atoms with Crippen LogP contribution in [0.5, 0.6) is 0 Å². The molecule has 0 fully saturated rings. The van der Waals surface area contributed by atoms with Gasteiger partial charge < -0.3 is 19.9 Å². The highest BCUT2D eigenvalue weighted by Crippen LogP contribution is 2.18. The van der Waals surface area contributed by atoms with E-state index in [2.05, 4.69) is 58.9 Å². The minimum absolute atomic E-state index is 0. The molecule has 2 N–H and O–H groups in total. The summed E-state index contributed by atoms with van der Waals surface area (Å²) in [4.78, 5) is 4.73. The van der Waals surface area contributed by atoms with Gasteiger partial charge in [0, 0.05) is 38.8 Å². The molecule has 0 amide bonds. The summed E-state index contributed by atoms with van der Waals surface area (Å²) in [5.74, 6) is 2.87. The van der Waals surface area contributed by atoms with Gasteiger partial charge in [-0.05, 0) is 32.8 Å². The Hall–Kier alpha value is -1.68. The van der Waals surface area contributed by atoms with Gasteiger partial charge in [0.15, 0.2) is 11.8 Å². The first-order chi connectivity index (χ1) is 13.5. The number of aromatic nitrogens is 3. The first-order valence-corrected chi connectivity index (χ1v) is 10.0. The fraction of sp³-hybridized carbons (Fsp3) is 0.571. The summed E-state index contributed by atoms with van der Waals surface area (Å²) in [6.07, 6.45) is 0.931. The number of ether oxygens (including phenoxy) is 1. The van der Waals surface area contributed by atoms with Gasteiger partial charge in [0.1, 0.15) is 12.4 Å². The molecule has 29 heavy (non-hydrogen) atoms. The molecule has 0 aliphatic heterocycles. The van der Waals surface area contributed by atoms with E-state index in [-0.39, 0.29) is 30.0 Å². The second-order valence-electron chi connectivity index (χ2n) is 7.00. The lowest BCUT2D eigenvalue weighted by atomic mass is 9.94. The molecule has 0 spiro atoms. The van der Waals surface area contributed by atoms with Crippen LogP contribution in [0.3, 0.4) is 0 Å². The zero-order valence-electron chi connectivity index (χ0n) is 18.2.